The van der Waals surface area contributed by atoms with E-state index < -0.39 is 23.8 Å². The molecule has 1 atom stereocenters. The van der Waals surface area contributed by atoms with Gasteiger partial charge in [0, 0.05) is 18.5 Å². The van der Waals surface area contributed by atoms with Crippen LogP contribution in [0.25, 0.3) is 0 Å². The number of unbranched alkanes of at least 4 members (excludes halogenated alkanes) is 4. The van der Waals surface area contributed by atoms with Gasteiger partial charge < -0.3 is 10.4 Å². The highest BCUT2D eigenvalue weighted by Crippen LogP contribution is 2.29. The second-order valence-corrected chi connectivity index (χ2v) is 8.00. The summed E-state index contributed by atoms with van der Waals surface area (Å²) in [5.74, 6) is -2.70. The van der Waals surface area contributed by atoms with E-state index in [0.717, 1.165) is 37.0 Å². The van der Waals surface area contributed by atoms with Gasteiger partial charge in [0.05, 0.1) is 11.1 Å². The third-order valence-corrected chi connectivity index (χ3v) is 5.58. The predicted octanol–water partition coefficient (Wildman–Crippen LogP) is 4.28. The van der Waals surface area contributed by atoms with Gasteiger partial charge in [0.2, 0.25) is 5.91 Å². The first-order chi connectivity index (χ1) is 15.4. The Hall–Kier alpha value is -3.48. The van der Waals surface area contributed by atoms with Gasteiger partial charge in [-0.2, -0.15) is 0 Å². The van der Waals surface area contributed by atoms with Crippen molar-refractivity contribution in [2.24, 2.45) is 0 Å². The Morgan fingerprint density at radius 2 is 1.62 bits per heavy atom. The first-order valence-corrected chi connectivity index (χ1v) is 11.0. The monoisotopic (exact) mass is 436 g/mol. The molecule has 2 aromatic rings. The number of rotatable bonds is 11. The third-order valence-electron chi connectivity index (χ3n) is 5.58. The van der Waals surface area contributed by atoms with E-state index in [1.807, 2.05) is 6.07 Å². The molecule has 1 aliphatic heterocycles. The van der Waals surface area contributed by atoms with Crippen LogP contribution in [-0.4, -0.2) is 39.7 Å². The van der Waals surface area contributed by atoms with Gasteiger partial charge in [-0.15, -0.1) is 0 Å². The minimum absolute atomic E-state index is 0.0171. The molecule has 1 aliphatic rings. The minimum Gasteiger partial charge on any atom is -0.480 e. The fourth-order valence-electron chi connectivity index (χ4n) is 3.86. The number of benzene rings is 2. The number of amides is 3. The van der Waals surface area contributed by atoms with Crippen molar-refractivity contribution in [3.8, 4) is 0 Å². The lowest BCUT2D eigenvalue weighted by Crippen LogP contribution is -2.46. The molecule has 2 aromatic carbocycles. The molecule has 168 valence electrons. The van der Waals surface area contributed by atoms with E-state index in [1.165, 1.54) is 12.1 Å². The van der Waals surface area contributed by atoms with Gasteiger partial charge in [0.25, 0.3) is 11.8 Å². The van der Waals surface area contributed by atoms with Crippen molar-refractivity contribution >= 4 is 29.4 Å². The van der Waals surface area contributed by atoms with Gasteiger partial charge in [-0.3, -0.25) is 19.3 Å². The maximum Gasteiger partial charge on any atom is 0.327 e. The number of anilines is 1. The molecule has 0 unspecified atom stereocenters. The third kappa shape index (κ3) is 5.41. The standard InChI is InChI=1S/C25H28N2O5/c1-2-3-4-5-9-12-22(28)26-18-13-14-19-20(16-18)24(30)27(23(19)29)21(25(31)32)15-17-10-7-6-8-11-17/h6-8,10-11,13-14,16,21H,2-5,9,12,15H2,1H3,(H,26,28)(H,31,32)/t21-/m0/s1. The van der Waals surface area contributed by atoms with E-state index in [-0.39, 0.29) is 23.5 Å². The maximum absolute atomic E-state index is 13.0. The van der Waals surface area contributed by atoms with Crippen LogP contribution in [0.3, 0.4) is 0 Å². The number of nitrogens with zero attached hydrogens (tertiary/aromatic N) is 1. The number of imide groups is 1. The number of hydrogen-bond donors (Lipinski definition) is 2. The molecule has 3 amide bonds. The molecule has 3 rings (SSSR count). The molecular formula is C25H28N2O5. The Morgan fingerprint density at radius 3 is 2.31 bits per heavy atom. The quantitative estimate of drug-likeness (QED) is 0.404. The molecule has 0 spiro atoms. The Labute approximate surface area is 187 Å². The summed E-state index contributed by atoms with van der Waals surface area (Å²) in [6, 6.07) is 12.0. The summed E-state index contributed by atoms with van der Waals surface area (Å²) < 4.78 is 0. The summed E-state index contributed by atoms with van der Waals surface area (Å²) in [7, 11) is 0. The molecular weight excluding hydrogens is 408 g/mol. The van der Waals surface area contributed by atoms with Crippen LogP contribution < -0.4 is 5.32 Å². The van der Waals surface area contributed by atoms with Crippen LogP contribution in [0.4, 0.5) is 5.69 Å². The lowest BCUT2D eigenvalue weighted by atomic mass is 10.0. The van der Waals surface area contributed by atoms with Crippen molar-refractivity contribution in [3.05, 3.63) is 65.2 Å². The Kier molecular flexibility index (Phi) is 7.76. The van der Waals surface area contributed by atoms with E-state index in [0.29, 0.717) is 17.7 Å². The highest BCUT2D eigenvalue weighted by atomic mass is 16.4. The van der Waals surface area contributed by atoms with Crippen molar-refractivity contribution in [1.29, 1.82) is 0 Å². The first kappa shape index (κ1) is 23.2. The number of nitrogens with one attached hydrogen (secondary N) is 1. The molecule has 7 nitrogen and oxygen atoms in total. The largest absolute Gasteiger partial charge is 0.480 e. The van der Waals surface area contributed by atoms with Gasteiger partial charge in [-0.25, -0.2) is 4.79 Å². The Bertz CT molecular complexity index is 1000. The van der Waals surface area contributed by atoms with Crippen LogP contribution in [-0.2, 0) is 16.0 Å². The average molecular weight is 437 g/mol. The smallest absolute Gasteiger partial charge is 0.327 e. The first-order valence-electron chi connectivity index (χ1n) is 11.0. The highest BCUT2D eigenvalue weighted by Gasteiger charge is 2.43. The second-order valence-electron chi connectivity index (χ2n) is 8.00. The number of carbonyl (C=O) groups is 4. The fourth-order valence-corrected chi connectivity index (χ4v) is 3.86. The number of fused-ring (bicyclic) bond motifs is 1. The molecule has 7 heteroatoms. The van der Waals surface area contributed by atoms with Gasteiger partial charge in [0.15, 0.2) is 0 Å². The fraction of sp³-hybridized carbons (Fsp3) is 0.360. The van der Waals surface area contributed by atoms with Gasteiger partial charge in [-0.05, 0) is 30.2 Å². The number of carboxylic acid groups (broad SMARTS) is 1. The Balaban J connectivity index is 1.71. The summed E-state index contributed by atoms with van der Waals surface area (Å²) in [5, 5.41) is 12.5. The highest BCUT2D eigenvalue weighted by molar-refractivity contribution is 6.23. The zero-order valence-corrected chi connectivity index (χ0v) is 18.2. The van der Waals surface area contributed by atoms with Crippen molar-refractivity contribution < 1.29 is 24.3 Å². The predicted molar refractivity (Wildman–Crippen MR) is 121 cm³/mol. The molecule has 32 heavy (non-hydrogen) atoms. The average Bonchev–Trinajstić information content (AvgIpc) is 3.02. The number of hydrogen-bond acceptors (Lipinski definition) is 4. The van der Waals surface area contributed by atoms with Crippen LogP contribution in [0.1, 0.15) is 71.7 Å². The number of carboxylic acids is 1. The molecule has 0 fully saturated rings. The van der Waals surface area contributed by atoms with Crippen LogP contribution in [0.15, 0.2) is 48.5 Å². The van der Waals surface area contributed by atoms with Crippen molar-refractivity contribution in [1.82, 2.24) is 4.90 Å². The number of aliphatic carboxylic acids is 1. The van der Waals surface area contributed by atoms with Crippen LogP contribution in [0, 0.1) is 0 Å². The van der Waals surface area contributed by atoms with Crippen molar-refractivity contribution in [3.63, 3.8) is 0 Å². The van der Waals surface area contributed by atoms with E-state index in [1.54, 1.807) is 30.3 Å². The minimum atomic E-state index is -1.31. The van der Waals surface area contributed by atoms with Crippen molar-refractivity contribution in [2.45, 2.75) is 57.9 Å². The van der Waals surface area contributed by atoms with Crippen LogP contribution in [0.5, 0.6) is 0 Å². The summed E-state index contributed by atoms with van der Waals surface area (Å²) in [6.07, 6.45) is 5.58. The molecule has 0 bridgehead atoms. The lowest BCUT2D eigenvalue weighted by molar-refractivity contribution is -0.141. The molecule has 0 saturated heterocycles. The number of carbonyl (C=O) groups excluding carboxylic acids is 3. The zero-order valence-electron chi connectivity index (χ0n) is 18.2. The zero-order chi connectivity index (χ0) is 23.1. The topological polar surface area (TPSA) is 104 Å². The Morgan fingerprint density at radius 1 is 0.938 bits per heavy atom. The lowest BCUT2D eigenvalue weighted by Gasteiger charge is -2.22. The molecule has 0 aliphatic carbocycles. The van der Waals surface area contributed by atoms with Crippen LogP contribution in [0.2, 0.25) is 0 Å². The van der Waals surface area contributed by atoms with Gasteiger partial charge >= 0.3 is 5.97 Å². The molecule has 2 N–H and O–H groups in total. The molecule has 0 radical (unpaired) electrons. The van der Waals surface area contributed by atoms with Crippen LogP contribution >= 0.6 is 0 Å². The summed E-state index contributed by atoms with van der Waals surface area (Å²) in [5.41, 5.74) is 1.38. The van der Waals surface area contributed by atoms with E-state index in [4.69, 9.17) is 0 Å². The van der Waals surface area contributed by atoms with Gasteiger partial charge in [0.1, 0.15) is 6.04 Å². The molecule has 0 saturated carbocycles. The normalized spacial score (nSPS) is 13.7. The molecule has 1 heterocycles. The summed E-state index contributed by atoms with van der Waals surface area (Å²) >= 11 is 0. The maximum atomic E-state index is 13.0. The second kappa shape index (κ2) is 10.7. The molecule has 0 aromatic heterocycles. The summed E-state index contributed by atoms with van der Waals surface area (Å²) in [6.45, 7) is 2.13. The van der Waals surface area contributed by atoms with E-state index in [9.17, 15) is 24.3 Å². The van der Waals surface area contributed by atoms with E-state index in [2.05, 4.69) is 12.2 Å². The van der Waals surface area contributed by atoms with E-state index >= 15 is 0 Å². The van der Waals surface area contributed by atoms with Crippen molar-refractivity contribution in [2.75, 3.05) is 5.32 Å². The van der Waals surface area contributed by atoms with Gasteiger partial charge in [-0.1, -0.05) is 62.9 Å². The summed E-state index contributed by atoms with van der Waals surface area (Å²) in [4.78, 5) is 50.8. The SMILES string of the molecule is CCCCCCCC(=O)Nc1ccc2c(c1)C(=O)N([C@@H](Cc1ccccc1)C(=O)O)C2=O.